The van der Waals surface area contributed by atoms with Gasteiger partial charge >= 0.3 is 0 Å². The summed E-state index contributed by atoms with van der Waals surface area (Å²) in [5, 5.41) is 9.17. The summed E-state index contributed by atoms with van der Waals surface area (Å²) in [5.74, 6) is 1.08. The summed E-state index contributed by atoms with van der Waals surface area (Å²) in [6.07, 6.45) is 0. The van der Waals surface area contributed by atoms with Crippen LogP contribution in [0.5, 0.6) is 11.5 Å². The first kappa shape index (κ1) is 12.5. The first-order valence-electron chi connectivity index (χ1n) is 5.91. The largest absolute Gasteiger partial charge is 0.508 e. The zero-order valence-corrected chi connectivity index (χ0v) is 10.3. The molecule has 3 N–H and O–H groups in total. The van der Waals surface area contributed by atoms with Gasteiger partial charge in [0.1, 0.15) is 18.1 Å². The average molecular weight is 243 g/mol. The minimum atomic E-state index is 0.0381. The summed E-state index contributed by atoms with van der Waals surface area (Å²) in [6, 6.07) is 14.8. The van der Waals surface area contributed by atoms with Crippen LogP contribution in [-0.4, -0.2) is 5.11 Å². The van der Waals surface area contributed by atoms with Gasteiger partial charge in [-0.25, -0.2) is 0 Å². The van der Waals surface area contributed by atoms with Crippen LogP contribution in [0, 0.1) is 0 Å². The third-order valence-corrected chi connectivity index (χ3v) is 2.75. The number of nitrogens with two attached hydrogens (primary N) is 1. The Kier molecular flexibility index (Phi) is 3.85. The lowest BCUT2D eigenvalue weighted by atomic mass is 10.1. The molecule has 0 spiro atoms. The molecule has 1 atom stereocenters. The topological polar surface area (TPSA) is 55.5 Å². The van der Waals surface area contributed by atoms with Crippen molar-refractivity contribution in [2.45, 2.75) is 19.6 Å². The van der Waals surface area contributed by atoms with Crippen LogP contribution in [0.2, 0.25) is 0 Å². The molecule has 2 rings (SSSR count). The molecule has 0 aromatic heterocycles. The molecule has 2 aromatic carbocycles. The molecular weight excluding hydrogens is 226 g/mol. The second-order valence-electron chi connectivity index (χ2n) is 4.31. The molecule has 0 aliphatic heterocycles. The minimum absolute atomic E-state index is 0.0381. The fourth-order valence-electron chi connectivity index (χ4n) is 1.63. The zero-order valence-electron chi connectivity index (χ0n) is 10.3. The molecule has 0 amide bonds. The molecule has 94 valence electrons. The van der Waals surface area contributed by atoms with Gasteiger partial charge in [-0.2, -0.15) is 0 Å². The summed E-state index contributed by atoms with van der Waals surface area (Å²) >= 11 is 0. The molecule has 18 heavy (non-hydrogen) atoms. The van der Waals surface area contributed by atoms with Gasteiger partial charge in [0, 0.05) is 6.04 Å². The second kappa shape index (κ2) is 5.56. The smallest absolute Gasteiger partial charge is 0.119 e. The molecule has 0 bridgehead atoms. The molecule has 0 saturated carbocycles. The molecule has 0 saturated heterocycles. The number of ether oxygens (including phenoxy) is 1. The van der Waals surface area contributed by atoms with E-state index in [-0.39, 0.29) is 11.8 Å². The lowest BCUT2D eigenvalue weighted by molar-refractivity contribution is 0.306. The number of benzene rings is 2. The van der Waals surface area contributed by atoms with Crippen LogP contribution in [0.1, 0.15) is 24.1 Å². The van der Waals surface area contributed by atoms with Crippen molar-refractivity contribution in [1.29, 1.82) is 0 Å². The molecule has 3 heteroatoms. The van der Waals surface area contributed by atoms with Gasteiger partial charge in [-0.05, 0) is 42.3 Å². The number of phenolic OH excluding ortho intramolecular Hbond substituents is 1. The van der Waals surface area contributed by atoms with Gasteiger partial charge in [-0.15, -0.1) is 0 Å². The maximum atomic E-state index is 9.17. The van der Waals surface area contributed by atoms with Crippen molar-refractivity contribution in [3.8, 4) is 11.5 Å². The number of phenols is 1. The van der Waals surface area contributed by atoms with E-state index in [4.69, 9.17) is 10.5 Å². The highest BCUT2D eigenvalue weighted by Crippen LogP contribution is 2.18. The van der Waals surface area contributed by atoms with E-state index in [9.17, 15) is 5.11 Å². The van der Waals surface area contributed by atoms with Crippen LogP contribution in [0.4, 0.5) is 0 Å². The summed E-state index contributed by atoms with van der Waals surface area (Å²) in [7, 11) is 0. The Labute approximate surface area is 107 Å². The van der Waals surface area contributed by atoms with E-state index in [0.29, 0.717) is 6.61 Å². The predicted octanol–water partition coefficient (Wildman–Crippen LogP) is 2.99. The van der Waals surface area contributed by atoms with E-state index in [1.807, 2.05) is 43.3 Å². The summed E-state index contributed by atoms with van der Waals surface area (Å²) in [6.45, 7) is 2.43. The minimum Gasteiger partial charge on any atom is -0.508 e. The Hall–Kier alpha value is -2.00. The first-order chi connectivity index (χ1) is 8.65. The lowest BCUT2D eigenvalue weighted by Gasteiger charge is -2.09. The van der Waals surface area contributed by atoms with Crippen molar-refractivity contribution in [3.63, 3.8) is 0 Å². The Balaban J connectivity index is 1.95. The van der Waals surface area contributed by atoms with Gasteiger partial charge < -0.3 is 15.6 Å². The number of hydrogen-bond acceptors (Lipinski definition) is 3. The van der Waals surface area contributed by atoms with Crippen molar-refractivity contribution in [3.05, 3.63) is 59.7 Å². The quantitative estimate of drug-likeness (QED) is 0.868. The second-order valence-corrected chi connectivity index (χ2v) is 4.31. The molecular formula is C15H17NO2. The fraction of sp³-hybridized carbons (Fsp3) is 0.200. The molecule has 0 aliphatic rings. The Bertz CT molecular complexity index is 489. The normalized spacial score (nSPS) is 12.1. The first-order valence-corrected chi connectivity index (χ1v) is 5.91. The van der Waals surface area contributed by atoms with E-state index < -0.39 is 0 Å². The highest BCUT2D eigenvalue weighted by molar-refractivity contribution is 5.30. The van der Waals surface area contributed by atoms with Crippen LogP contribution in [0.3, 0.4) is 0 Å². The molecule has 0 aliphatic carbocycles. The van der Waals surface area contributed by atoms with Crippen LogP contribution in [-0.2, 0) is 6.61 Å². The van der Waals surface area contributed by atoms with Crippen molar-refractivity contribution in [2.75, 3.05) is 0 Å². The van der Waals surface area contributed by atoms with Gasteiger partial charge in [0.25, 0.3) is 0 Å². The Morgan fingerprint density at radius 1 is 1.06 bits per heavy atom. The molecule has 0 fully saturated rings. The molecule has 0 unspecified atom stereocenters. The van der Waals surface area contributed by atoms with E-state index in [1.165, 1.54) is 0 Å². The van der Waals surface area contributed by atoms with E-state index in [1.54, 1.807) is 12.1 Å². The third kappa shape index (κ3) is 3.25. The van der Waals surface area contributed by atoms with E-state index in [2.05, 4.69) is 0 Å². The number of hydrogen-bond donors (Lipinski definition) is 2. The van der Waals surface area contributed by atoms with Crippen molar-refractivity contribution >= 4 is 0 Å². The summed E-state index contributed by atoms with van der Waals surface area (Å²) in [4.78, 5) is 0. The van der Waals surface area contributed by atoms with Gasteiger partial charge in [-0.1, -0.05) is 24.3 Å². The van der Waals surface area contributed by atoms with Crippen molar-refractivity contribution in [2.24, 2.45) is 5.73 Å². The molecule has 0 radical (unpaired) electrons. The zero-order chi connectivity index (χ0) is 13.0. The van der Waals surface area contributed by atoms with Crippen LogP contribution in [0.15, 0.2) is 48.5 Å². The van der Waals surface area contributed by atoms with E-state index >= 15 is 0 Å². The van der Waals surface area contributed by atoms with Gasteiger partial charge in [0.2, 0.25) is 0 Å². The highest BCUT2D eigenvalue weighted by Gasteiger charge is 2.00. The monoisotopic (exact) mass is 243 g/mol. The average Bonchev–Trinajstić information content (AvgIpc) is 2.38. The third-order valence-electron chi connectivity index (χ3n) is 2.75. The maximum absolute atomic E-state index is 9.17. The number of rotatable bonds is 4. The van der Waals surface area contributed by atoms with Crippen molar-refractivity contribution in [1.82, 2.24) is 0 Å². The Morgan fingerprint density at radius 3 is 2.22 bits per heavy atom. The van der Waals surface area contributed by atoms with Crippen LogP contribution in [0.25, 0.3) is 0 Å². The van der Waals surface area contributed by atoms with Gasteiger partial charge in [-0.3, -0.25) is 0 Å². The molecule has 3 nitrogen and oxygen atoms in total. The standard InChI is InChI=1S/C15H17NO2/c1-11(16)13-4-8-15(9-5-13)18-10-12-2-6-14(17)7-3-12/h2-9,11,17H,10,16H2,1H3/t11-/m0/s1. The Morgan fingerprint density at radius 2 is 1.67 bits per heavy atom. The SMILES string of the molecule is C[C@H](N)c1ccc(OCc2ccc(O)cc2)cc1. The predicted molar refractivity (Wildman–Crippen MR) is 71.5 cm³/mol. The summed E-state index contributed by atoms with van der Waals surface area (Å²) < 4.78 is 5.64. The molecule has 2 aromatic rings. The fourth-order valence-corrected chi connectivity index (χ4v) is 1.63. The maximum Gasteiger partial charge on any atom is 0.119 e. The van der Waals surface area contributed by atoms with E-state index in [0.717, 1.165) is 16.9 Å². The van der Waals surface area contributed by atoms with Gasteiger partial charge in [0.05, 0.1) is 0 Å². The molecule has 0 heterocycles. The lowest BCUT2D eigenvalue weighted by Crippen LogP contribution is -2.04. The van der Waals surface area contributed by atoms with Gasteiger partial charge in [0.15, 0.2) is 0 Å². The highest BCUT2D eigenvalue weighted by atomic mass is 16.5. The van der Waals surface area contributed by atoms with Crippen LogP contribution >= 0.6 is 0 Å². The summed E-state index contributed by atoms with van der Waals surface area (Å²) in [5.41, 5.74) is 7.89. The van der Waals surface area contributed by atoms with Crippen LogP contribution < -0.4 is 10.5 Å². The number of aromatic hydroxyl groups is 1. The van der Waals surface area contributed by atoms with Crippen molar-refractivity contribution < 1.29 is 9.84 Å².